The number of nitrogens with zero attached hydrogens (tertiary/aromatic N) is 1. The van der Waals surface area contributed by atoms with Crippen LogP contribution in [0.5, 0.6) is 0 Å². The number of nitrogens with one attached hydrogen (secondary N) is 1. The van der Waals surface area contributed by atoms with Gasteiger partial charge in [0.05, 0.1) is 0 Å². The number of urea groups is 1. The standard InChI is InChI=1S/C13H23N3O3/c1-13(11(17)18)7-4-8-16(13)12(19)15-10-6-3-2-5-9(10)14/h9-10H,2-8,14H2,1H3,(H,15,19)(H,17,18). The second-order valence-corrected chi connectivity index (χ2v) is 5.84. The summed E-state index contributed by atoms with van der Waals surface area (Å²) in [6.45, 7) is 2.11. The van der Waals surface area contributed by atoms with Gasteiger partial charge in [0.25, 0.3) is 0 Å². The third-order valence-electron chi connectivity index (χ3n) is 4.48. The maximum atomic E-state index is 12.3. The molecule has 0 aromatic rings. The molecular formula is C13H23N3O3. The van der Waals surface area contributed by atoms with Crippen LogP contribution in [-0.4, -0.2) is 46.2 Å². The lowest BCUT2D eigenvalue weighted by Gasteiger charge is -2.35. The van der Waals surface area contributed by atoms with Crippen LogP contribution in [0.25, 0.3) is 0 Å². The molecule has 2 amide bonds. The summed E-state index contributed by atoms with van der Waals surface area (Å²) in [5.41, 5.74) is 4.92. The van der Waals surface area contributed by atoms with E-state index in [4.69, 9.17) is 5.73 Å². The number of hydrogen-bond acceptors (Lipinski definition) is 3. The molecule has 19 heavy (non-hydrogen) atoms. The lowest BCUT2D eigenvalue weighted by Crippen LogP contribution is -2.58. The predicted octanol–water partition coefficient (Wildman–Crippen LogP) is 0.905. The first-order valence-electron chi connectivity index (χ1n) is 7.02. The molecule has 4 N–H and O–H groups in total. The maximum Gasteiger partial charge on any atom is 0.329 e. The number of likely N-dealkylation sites (tertiary alicyclic amines) is 1. The summed E-state index contributed by atoms with van der Waals surface area (Å²) in [7, 11) is 0. The van der Waals surface area contributed by atoms with Gasteiger partial charge in [-0.1, -0.05) is 12.8 Å². The number of hydrogen-bond donors (Lipinski definition) is 3. The van der Waals surface area contributed by atoms with Crippen molar-refractivity contribution >= 4 is 12.0 Å². The quantitative estimate of drug-likeness (QED) is 0.694. The van der Waals surface area contributed by atoms with E-state index < -0.39 is 11.5 Å². The Kier molecular flexibility index (Phi) is 3.99. The fourth-order valence-corrected chi connectivity index (χ4v) is 3.09. The van der Waals surface area contributed by atoms with Crippen LogP contribution in [0.1, 0.15) is 45.4 Å². The Morgan fingerprint density at radius 2 is 2.00 bits per heavy atom. The van der Waals surface area contributed by atoms with Crippen molar-refractivity contribution in [3.63, 3.8) is 0 Å². The summed E-state index contributed by atoms with van der Waals surface area (Å²) >= 11 is 0. The van der Waals surface area contributed by atoms with E-state index in [-0.39, 0.29) is 18.1 Å². The van der Waals surface area contributed by atoms with Gasteiger partial charge >= 0.3 is 12.0 Å². The molecule has 1 heterocycles. The van der Waals surface area contributed by atoms with Gasteiger partial charge in [0.2, 0.25) is 0 Å². The van der Waals surface area contributed by atoms with Crippen LogP contribution in [0.3, 0.4) is 0 Å². The first kappa shape index (κ1) is 14.1. The molecular weight excluding hydrogens is 246 g/mol. The fraction of sp³-hybridized carbons (Fsp3) is 0.846. The van der Waals surface area contributed by atoms with Crippen molar-refractivity contribution in [2.45, 2.75) is 63.1 Å². The molecule has 3 atom stereocenters. The Morgan fingerprint density at radius 1 is 1.32 bits per heavy atom. The number of carbonyl (C=O) groups excluding carboxylic acids is 1. The average molecular weight is 269 g/mol. The van der Waals surface area contributed by atoms with Crippen LogP contribution >= 0.6 is 0 Å². The van der Waals surface area contributed by atoms with Crippen LogP contribution in [0.4, 0.5) is 4.79 Å². The highest BCUT2D eigenvalue weighted by molar-refractivity contribution is 5.86. The Bertz CT molecular complexity index is 374. The number of amides is 2. The number of carbonyl (C=O) groups is 2. The smallest absolute Gasteiger partial charge is 0.329 e. The van der Waals surface area contributed by atoms with Crippen LogP contribution < -0.4 is 11.1 Å². The molecule has 2 aliphatic rings. The molecule has 0 radical (unpaired) electrons. The molecule has 6 heteroatoms. The zero-order valence-electron chi connectivity index (χ0n) is 11.4. The molecule has 2 fully saturated rings. The molecule has 0 bridgehead atoms. The summed E-state index contributed by atoms with van der Waals surface area (Å²) in [5, 5.41) is 12.2. The molecule has 1 aliphatic heterocycles. The molecule has 0 aromatic carbocycles. The SMILES string of the molecule is CC1(C(=O)O)CCCN1C(=O)NC1CCCCC1N. The van der Waals surface area contributed by atoms with Gasteiger partial charge in [-0.05, 0) is 32.6 Å². The van der Waals surface area contributed by atoms with Crippen LogP contribution in [0.2, 0.25) is 0 Å². The molecule has 0 aromatic heterocycles. The summed E-state index contributed by atoms with van der Waals surface area (Å²) in [6.07, 6.45) is 5.20. The highest BCUT2D eigenvalue weighted by Gasteiger charge is 2.46. The third kappa shape index (κ3) is 2.68. The lowest BCUT2D eigenvalue weighted by atomic mass is 9.91. The van der Waals surface area contributed by atoms with Crippen molar-refractivity contribution in [3.8, 4) is 0 Å². The molecule has 1 saturated carbocycles. The van der Waals surface area contributed by atoms with Gasteiger partial charge in [-0.25, -0.2) is 9.59 Å². The van der Waals surface area contributed by atoms with Crippen LogP contribution in [0, 0.1) is 0 Å². The van der Waals surface area contributed by atoms with Crippen LogP contribution in [0.15, 0.2) is 0 Å². The van der Waals surface area contributed by atoms with Gasteiger partial charge < -0.3 is 21.1 Å². The molecule has 1 saturated heterocycles. The minimum Gasteiger partial charge on any atom is -0.480 e. The van der Waals surface area contributed by atoms with Crippen molar-refractivity contribution in [1.29, 1.82) is 0 Å². The van der Waals surface area contributed by atoms with Gasteiger partial charge in [0, 0.05) is 18.6 Å². The second kappa shape index (κ2) is 5.36. The first-order chi connectivity index (χ1) is 8.95. The molecule has 108 valence electrons. The minimum absolute atomic E-state index is 0.0172. The highest BCUT2D eigenvalue weighted by atomic mass is 16.4. The fourth-order valence-electron chi connectivity index (χ4n) is 3.09. The Hall–Kier alpha value is -1.30. The minimum atomic E-state index is -1.08. The Morgan fingerprint density at radius 3 is 2.63 bits per heavy atom. The normalized spacial score (nSPS) is 35.2. The zero-order valence-corrected chi connectivity index (χ0v) is 11.4. The topological polar surface area (TPSA) is 95.7 Å². The van der Waals surface area contributed by atoms with Gasteiger partial charge in [0.1, 0.15) is 5.54 Å². The van der Waals surface area contributed by atoms with Crippen molar-refractivity contribution in [1.82, 2.24) is 10.2 Å². The number of carboxylic acid groups (broad SMARTS) is 1. The summed E-state index contributed by atoms with van der Waals surface area (Å²) < 4.78 is 0. The Labute approximate surface area is 113 Å². The van der Waals surface area contributed by atoms with E-state index >= 15 is 0 Å². The van der Waals surface area contributed by atoms with Gasteiger partial charge in [-0.3, -0.25) is 0 Å². The zero-order chi connectivity index (χ0) is 14.0. The third-order valence-corrected chi connectivity index (χ3v) is 4.48. The number of rotatable bonds is 2. The lowest BCUT2D eigenvalue weighted by molar-refractivity contribution is -0.147. The van der Waals surface area contributed by atoms with E-state index in [0.717, 1.165) is 32.1 Å². The number of nitrogens with two attached hydrogens (primary N) is 1. The summed E-state index contributed by atoms with van der Waals surface area (Å²) in [5.74, 6) is -0.937. The molecule has 1 aliphatic carbocycles. The monoisotopic (exact) mass is 269 g/mol. The Balaban J connectivity index is 2.01. The maximum absolute atomic E-state index is 12.3. The number of aliphatic carboxylic acids is 1. The summed E-state index contributed by atoms with van der Waals surface area (Å²) in [6, 6.07) is -0.332. The van der Waals surface area contributed by atoms with E-state index in [1.54, 1.807) is 6.92 Å². The van der Waals surface area contributed by atoms with E-state index in [0.29, 0.717) is 13.0 Å². The predicted molar refractivity (Wildman–Crippen MR) is 70.7 cm³/mol. The molecule has 6 nitrogen and oxygen atoms in total. The van der Waals surface area contributed by atoms with Crippen molar-refractivity contribution in [2.24, 2.45) is 5.73 Å². The highest BCUT2D eigenvalue weighted by Crippen LogP contribution is 2.29. The largest absolute Gasteiger partial charge is 0.480 e. The average Bonchev–Trinajstić information content (AvgIpc) is 2.76. The molecule has 3 unspecified atom stereocenters. The van der Waals surface area contributed by atoms with Crippen molar-refractivity contribution in [3.05, 3.63) is 0 Å². The van der Waals surface area contributed by atoms with Crippen molar-refractivity contribution in [2.75, 3.05) is 6.54 Å². The van der Waals surface area contributed by atoms with E-state index in [1.807, 2.05) is 0 Å². The van der Waals surface area contributed by atoms with E-state index in [9.17, 15) is 14.7 Å². The molecule has 2 rings (SSSR count). The van der Waals surface area contributed by atoms with Crippen molar-refractivity contribution < 1.29 is 14.7 Å². The molecule has 0 spiro atoms. The van der Waals surface area contributed by atoms with Gasteiger partial charge in [0.15, 0.2) is 0 Å². The number of carboxylic acids is 1. The van der Waals surface area contributed by atoms with Gasteiger partial charge in [-0.2, -0.15) is 0 Å². The summed E-state index contributed by atoms with van der Waals surface area (Å²) in [4.78, 5) is 25.1. The van der Waals surface area contributed by atoms with Crippen LogP contribution in [-0.2, 0) is 4.79 Å². The van der Waals surface area contributed by atoms with E-state index in [2.05, 4.69) is 5.32 Å². The van der Waals surface area contributed by atoms with E-state index in [1.165, 1.54) is 4.90 Å². The van der Waals surface area contributed by atoms with Gasteiger partial charge in [-0.15, -0.1) is 0 Å². The second-order valence-electron chi connectivity index (χ2n) is 5.84. The first-order valence-corrected chi connectivity index (χ1v) is 7.02.